The average Bonchev–Trinajstić information content (AvgIpc) is 2.39. The van der Waals surface area contributed by atoms with E-state index >= 15 is 0 Å². The average molecular weight is 249 g/mol. The number of amides is 1. The van der Waals surface area contributed by atoms with Crippen molar-refractivity contribution in [3.05, 3.63) is 29.8 Å². The first-order valence-corrected chi connectivity index (χ1v) is 6.44. The van der Waals surface area contributed by atoms with Crippen molar-refractivity contribution in [2.45, 2.75) is 26.3 Å². The number of nitrogens with zero attached hydrogens (tertiary/aromatic N) is 1. The summed E-state index contributed by atoms with van der Waals surface area (Å²) >= 11 is 0. The summed E-state index contributed by atoms with van der Waals surface area (Å²) in [5.74, 6) is 0.0638. The first-order chi connectivity index (χ1) is 8.67. The summed E-state index contributed by atoms with van der Waals surface area (Å²) in [4.78, 5) is 13.6. The third-order valence-corrected chi connectivity index (χ3v) is 2.85. The van der Waals surface area contributed by atoms with Gasteiger partial charge in [0.2, 0.25) is 5.91 Å². The summed E-state index contributed by atoms with van der Waals surface area (Å²) < 4.78 is 0. The zero-order valence-corrected chi connectivity index (χ0v) is 11.3. The molecular weight excluding hydrogens is 226 g/mol. The minimum absolute atomic E-state index is 0.0638. The van der Waals surface area contributed by atoms with E-state index in [1.54, 1.807) is 0 Å². The van der Waals surface area contributed by atoms with E-state index in [9.17, 15) is 4.79 Å². The second-order valence-corrected chi connectivity index (χ2v) is 4.43. The Morgan fingerprint density at radius 1 is 1.33 bits per heavy atom. The van der Waals surface area contributed by atoms with E-state index in [1.165, 1.54) is 0 Å². The van der Waals surface area contributed by atoms with Gasteiger partial charge in [-0.2, -0.15) is 0 Å². The van der Waals surface area contributed by atoms with Gasteiger partial charge in [-0.25, -0.2) is 0 Å². The molecule has 0 aliphatic rings. The molecule has 4 heteroatoms. The van der Waals surface area contributed by atoms with Crippen LogP contribution in [-0.2, 0) is 11.3 Å². The van der Waals surface area contributed by atoms with Crippen LogP contribution < -0.4 is 16.0 Å². The monoisotopic (exact) mass is 249 g/mol. The maximum atomic E-state index is 11.7. The number of anilines is 1. The summed E-state index contributed by atoms with van der Waals surface area (Å²) in [6.45, 7) is 3.79. The van der Waals surface area contributed by atoms with E-state index in [4.69, 9.17) is 5.73 Å². The molecule has 0 spiro atoms. The molecule has 1 rings (SSSR count). The van der Waals surface area contributed by atoms with Gasteiger partial charge in [-0.15, -0.1) is 0 Å². The molecule has 0 fully saturated rings. The van der Waals surface area contributed by atoms with Crippen molar-refractivity contribution < 1.29 is 4.79 Å². The molecule has 1 amide bonds. The van der Waals surface area contributed by atoms with Gasteiger partial charge in [0.25, 0.3) is 0 Å². The second kappa shape index (κ2) is 7.71. The van der Waals surface area contributed by atoms with Crippen molar-refractivity contribution in [2.75, 3.05) is 25.0 Å². The zero-order valence-electron chi connectivity index (χ0n) is 11.3. The van der Waals surface area contributed by atoms with E-state index in [-0.39, 0.29) is 5.91 Å². The highest BCUT2D eigenvalue weighted by Gasteiger charge is 2.06. The largest absolute Gasteiger partial charge is 0.365 e. The van der Waals surface area contributed by atoms with Gasteiger partial charge in [0.15, 0.2) is 0 Å². The summed E-state index contributed by atoms with van der Waals surface area (Å²) in [6.07, 6.45) is 2.12. The van der Waals surface area contributed by atoms with Crippen molar-refractivity contribution in [1.82, 2.24) is 5.32 Å². The molecular formula is C14H23N3O. The highest BCUT2D eigenvalue weighted by Crippen LogP contribution is 2.13. The van der Waals surface area contributed by atoms with Gasteiger partial charge in [-0.3, -0.25) is 4.79 Å². The Morgan fingerprint density at radius 2 is 2.00 bits per heavy atom. The Bertz CT molecular complexity index is 362. The number of carbonyl (C=O) groups excluding carboxylic acids is 1. The Morgan fingerprint density at radius 3 is 2.56 bits per heavy atom. The molecule has 0 bridgehead atoms. The second-order valence-electron chi connectivity index (χ2n) is 4.43. The Hall–Kier alpha value is -1.55. The van der Waals surface area contributed by atoms with E-state index in [2.05, 4.69) is 12.2 Å². The van der Waals surface area contributed by atoms with Crippen LogP contribution in [0.3, 0.4) is 0 Å². The zero-order chi connectivity index (χ0) is 13.4. The lowest BCUT2D eigenvalue weighted by Gasteiger charge is -2.19. The Kier molecular flexibility index (Phi) is 6.22. The highest BCUT2D eigenvalue weighted by molar-refractivity contribution is 5.81. The molecule has 3 N–H and O–H groups in total. The minimum atomic E-state index is 0.0638. The van der Waals surface area contributed by atoms with Crippen molar-refractivity contribution in [2.24, 2.45) is 5.73 Å². The van der Waals surface area contributed by atoms with Gasteiger partial charge in [0.05, 0.1) is 6.54 Å². The van der Waals surface area contributed by atoms with Crippen LogP contribution in [0.5, 0.6) is 0 Å². The normalized spacial score (nSPS) is 10.2. The van der Waals surface area contributed by atoms with Crippen LogP contribution in [-0.4, -0.2) is 26.0 Å². The summed E-state index contributed by atoms with van der Waals surface area (Å²) in [5, 5.41) is 2.91. The van der Waals surface area contributed by atoms with Crippen LogP contribution in [0.25, 0.3) is 0 Å². The van der Waals surface area contributed by atoms with Crippen LogP contribution in [0.1, 0.15) is 25.3 Å². The SMILES string of the molecule is CCCCNC(=O)CN(C)c1ccc(CN)cc1. The number of nitrogens with one attached hydrogen (secondary N) is 1. The van der Waals surface area contributed by atoms with Crippen molar-refractivity contribution in [1.29, 1.82) is 0 Å². The molecule has 0 atom stereocenters. The lowest BCUT2D eigenvalue weighted by molar-refractivity contribution is -0.119. The van der Waals surface area contributed by atoms with Gasteiger partial charge >= 0.3 is 0 Å². The molecule has 4 nitrogen and oxygen atoms in total. The molecule has 0 unspecified atom stereocenters. The number of rotatable bonds is 7. The third kappa shape index (κ3) is 4.75. The Labute approximate surface area is 109 Å². The smallest absolute Gasteiger partial charge is 0.239 e. The first-order valence-electron chi connectivity index (χ1n) is 6.44. The summed E-state index contributed by atoms with van der Waals surface area (Å²) in [7, 11) is 1.91. The topological polar surface area (TPSA) is 58.4 Å². The summed E-state index contributed by atoms with van der Waals surface area (Å²) in [6, 6.07) is 7.95. The molecule has 0 saturated carbocycles. The quantitative estimate of drug-likeness (QED) is 0.720. The molecule has 0 heterocycles. The van der Waals surface area contributed by atoms with E-state index in [0.29, 0.717) is 13.1 Å². The molecule has 1 aromatic rings. The van der Waals surface area contributed by atoms with Gasteiger partial charge in [-0.05, 0) is 24.1 Å². The van der Waals surface area contributed by atoms with E-state index < -0.39 is 0 Å². The Balaban J connectivity index is 2.43. The predicted octanol–water partition coefficient (Wildman–Crippen LogP) is 1.50. The van der Waals surface area contributed by atoms with Crippen LogP contribution in [0.15, 0.2) is 24.3 Å². The summed E-state index contributed by atoms with van der Waals surface area (Å²) in [5.41, 5.74) is 7.67. The predicted molar refractivity (Wildman–Crippen MR) is 75.5 cm³/mol. The van der Waals surface area contributed by atoms with Gasteiger partial charge in [0, 0.05) is 25.8 Å². The molecule has 100 valence electrons. The van der Waals surface area contributed by atoms with Gasteiger partial charge in [-0.1, -0.05) is 25.5 Å². The molecule has 0 radical (unpaired) electrons. The first kappa shape index (κ1) is 14.5. The molecule has 1 aromatic carbocycles. The molecule has 0 saturated heterocycles. The van der Waals surface area contributed by atoms with Crippen LogP contribution in [0, 0.1) is 0 Å². The van der Waals surface area contributed by atoms with Gasteiger partial charge in [0.1, 0.15) is 0 Å². The highest BCUT2D eigenvalue weighted by atomic mass is 16.2. The number of carbonyl (C=O) groups is 1. The molecule has 0 aliphatic heterocycles. The fraction of sp³-hybridized carbons (Fsp3) is 0.500. The van der Waals surface area contributed by atoms with Crippen LogP contribution in [0.4, 0.5) is 5.69 Å². The fourth-order valence-corrected chi connectivity index (χ4v) is 1.65. The number of hydrogen-bond donors (Lipinski definition) is 2. The lowest BCUT2D eigenvalue weighted by atomic mass is 10.2. The maximum Gasteiger partial charge on any atom is 0.239 e. The fourth-order valence-electron chi connectivity index (χ4n) is 1.65. The number of likely N-dealkylation sites (N-methyl/N-ethyl adjacent to an activating group) is 1. The van der Waals surface area contributed by atoms with E-state index in [1.807, 2.05) is 36.2 Å². The molecule has 18 heavy (non-hydrogen) atoms. The maximum absolute atomic E-state index is 11.7. The number of nitrogens with two attached hydrogens (primary N) is 1. The van der Waals surface area contributed by atoms with Crippen molar-refractivity contribution >= 4 is 11.6 Å². The standard InChI is InChI=1S/C14H23N3O/c1-3-4-9-16-14(18)11-17(2)13-7-5-12(10-15)6-8-13/h5-8H,3-4,9-11,15H2,1-2H3,(H,16,18). The van der Waals surface area contributed by atoms with Gasteiger partial charge < -0.3 is 16.0 Å². The van der Waals surface area contributed by atoms with E-state index in [0.717, 1.165) is 30.6 Å². The number of unbranched alkanes of at least 4 members (excludes halogenated alkanes) is 1. The number of benzene rings is 1. The minimum Gasteiger partial charge on any atom is -0.365 e. The lowest BCUT2D eigenvalue weighted by Crippen LogP contribution is -2.35. The van der Waals surface area contributed by atoms with Crippen molar-refractivity contribution in [3.8, 4) is 0 Å². The third-order valence-electron chi connectivity index (χ3n) is 2.85. The molecule has 0 aromatic heterocycles. The number of hydrogen-bond acceptors (Lipinski definition) is 3. The van der Waals surface area contributed by atoms with Crippen molar-refractivity contribution in [3.63, 3.8) is 0 Å². The molecule has 0 aliphatic carbocycles. The van der Waals surface area contributed by atoms with Crippen LogP contribution in [0.2, 0.25) is 0 Å². The van der Waals surface area contributed by atoms with Crippen LogP contribution >= 0.6 is 0 Å².